The summed E-state index contributed by atoms with van der Waals surface area (Å²) in [6.07, 6.45) is 2.18. The number of carbonyl (C=O) groups excluding carboxylic acids is 4. The maximum Gasteiger partial charge on any atom is 0.412 e. The Kier molecular flexibility index (Phi) is 18.1. The highest BCUT2D eigenvalue weighted by Crippen LogP contribution is 2.45. The zero-order valence-corrected chi connectivity index (χ0v) is 47.1. The van der Waals surface area contributed by atoms with Gasteiger partial charge in [0.05, 0.1) is 76.9 Å². The molecular formula is C60H67N7O12S2. The third kappa shape index (κ3) is 12.5. The molecule has 4 fully saturated rings. The predicted molar refractivity (Wildman–Crippen MR) is 309 cm³/mol. The molecule has 4 aliphatic heterocycles. The zero-order chi connectivity index (χ0) is 56.6. The van der Waals surface area contributed by atoms with E-state index in [4.69, 9.17) is 49.4 Å². The van der Waals surface area contributed by atoms with Crippen LogP contribution in [0.3, 0.4) is 0 Å². The van der Waals surface area contributed by atoms with Crippen LogP contribution in [-0.4, -0.2) is 159 Å². The van der Waals surface area contributed by atoms with Gasteiger partial charge in [-0.15, -0.1) is 0 Å². The summed E-state index contributed by atoms with van der Waals surface area (Å²) < 4.78 is 47.5. The molecule has 10 rings (SSSR count). The molecule has 5 aliphatic rings. The second kappa shape index (κ2) is 25.9. The van der Waals surface area contributed by atoms with Crippen LogP contribution in [0.15, 0.2) is 127 Å². The van der Waals surface area contributed by atoms with Gasteiger partial charge in [0.1, 0.15) is 18.2 Å². The highest BCUT2D eigenvalue weighted by molar-refractivity contribution is 8.76. The second-order valence-electron chi connectivity index (χ2n) is 20.2. The van der Waals surface area contributed by atoms with Gasteiger partial charge in [0.25, 0.3) is 11.8 Å². The number of nitrogens with two attached hydrogens (primary N) is 2. The van der Waals surface area contributed by atoms with Crippen molar-refractivity contribution in [1.82, 2.24) is 24.6 Å². The molecule has 5 heterocycles. The number of rotatable bonds is 21. The number of unbranched alkanes of at least 4 members (excludes halogenated alkanes) is 2. The number of hydrogen-bond acceptors (Lipinski definition) is 17. The van der Waals surface area contributed by atoms with Crippen LogP contribution >= 0.6 is 21.6 Å². The lowest BCUT2D eigenvalue weighted by molar-refractivity contribution is -0.0211. The molecule has 0 spiro atoms. The number of likely N-dealkylation sites (tertiary alicyclic amines) is 2. The van der Waals surface area contributed by atoms with Gasteiger partial charge in [-0.05, 0) is 89.4 Å². The number of pyridine rings is 1. The van der Waals surface area contributed by atoms with Crippen molar-refractivity contribution in [1.29, 1.82) is 0 Å². The van der Waals surface area contributed by atoms with E-state index in [-0.39, 0.29) is 66.5 Å². The summed E-state index contributed by atoms with van der Waals surface area (Å²) in [5.41, 5.74) is 20.2. The Morgan fingerprint density at radius 2 is 1.14 bits per heavy atom. The van der Waals surface area contributed by atoms with E-state index in [0.717, 1.165) is 44.8 Å². The molecule has 21 heteroatoms. The standard InChI is InChI=1S/C60H67N7O12S2/c1-37-28-48(57-64(20-24-76-57)59(70)78-26-27-80-81-54-18-10-11-19-63-54)66(34-37)55(68)43-30-50(72-3)52(32-46(43)61)74-22-12-5-13-23-75-53-33-47(62)44(31-51(53)73-4)56(69)67-35-38(2)29-49(67)58-65(21-25-77-58)60(71)79-36-45-41-16-8-6-14-39(41)40-15-7-9-17-42(40)45/h6-11,14-19,30-33,45,48-49,57-58H,1-2,5,12-13,20-29,34-36,61-62H2,3-4H3/t48-,49-,57?,58?/m0/s1. The van der Waals surface area contributed by atoms with E-state index in [1.54, 1.807) is 56.0 Å². The first-order valence-corrected chi connectivity index (χ1v) is 29.4. The van der Waals surface area contributed by atoms with Crippen molar-refractivity contribution in [3.8, 4) is 34.1 Å². The van der Waals surface area contributed by atoms with E-state index in [9.17, 15) is 19.2 Å². The van der Waals surface area contributed by atoms with Crippen molar-refractivity contribution in [3.05, 3.63) is 144 Å². The Hall–Kier alpha value is -7.59. The van der Waals surface area contributed by atoms with E-state index < -0.39 is 36.7 Å². The molecule has 1 aromatic heterocycles. The molecule has 2 unspecified atom stereocenters. The van der Waals surface area contributed by atoms with E-state index in [0.29, 0.717) is 94.0 Å². The number of benzene rings is 4. The minimum Gasteiger partial charge on any atom is -0.493 e. The number of hydrogen-bond donors (Lipinski definition) is 2. The Balaban J connectivity index is 0.688. The second-order valence-corrected chi connectivity index (χ2v) is 22.7. The molecule has 4 atom stereocenters. The molecule has 0 saturated carbocycles. The maximum atomic E-state index is 14.4. The van der Waals surface area contributed by atoms with Crippen LogP contribution in [0.2, 0.25) is 0 Å². The number of aromatic nitrogens is 1. The summed E-state index contributed by atoms with van der Waals surface area (Å²) >= 11 is 0. The molecule has 426 valence electrons. The van der Waals surface area contributed by atoms with Crippen LogP contribution in [0.4, 0.5) is 21.0 Å². The zero-order valence-electron chi connectivity index (χ0n) is 45.5. The number of nitrogens with zero attached hydrogens (tertiary/aromatic N) is 5. The fourth-order valence-electron chi connectivity index (χ4n) is 11.2. The first-order chi connectivity index (χ1) is 39.4. The van der Waals surface area contributed by atoms with Crippen LogP contribution in [0.1, 0.15) is 69.9 Å². The number of anilines is 2. The molecule has 4 amide bonds. The molecule has 81 heavy (non-hydrogen) atoms. The van der Waals surface area contributed by atoms with Crippen LogP contribution in [0.25, 0.3) is 11.1 Å². The van der Waals surface area contributed by atoms with Gasteiger partial charge < -0.3 is 59.2 Å². The average molecular weight is 1140 g/mol. The summed E-state index contributed by atoms with van der Waals surface area (Å²) in [7, 11) is 6.05. The quantitative estimate of drug-likeness (QED) is 0.0302. The summed E-state index contributed by atoms with van der Waals surface area (Å²) in [6, 6.07) is 27.4. The number of fused-ring (bicyclic) bond motifs is 3. The molecule has 19 nitrogen and oxygen atoms in total. The summed E-state index contributed by atoms with van der Waals surface area (Å²) in [4.78, 5) is 66.5. The fourth-order valence-corrected chi connectivity index (χ4v) is 12.9. The molecule has 4 aromatic carbocycles. The van der Waals surface area contributed by atoms with Gasteiger partial charge >= 0.3 is 12.2 Å². The van der Waals surface area contributed by atoms with Crippen LogP contribution < -0.4 is 30.4 Å². The van der Waals surface area contributed by atoms with Crippen LogP contribution in [-0.2, 0) is 18.9 Å². The molecule has 4 saturated heterocycles. The largest absolute Gasteiger partial charge is 0.493 e. The highest BCUT2D eigenvalue weighted by atomic mass is 33.1. The number of ether oxygens (including phenoxy) is 8. The molecule has 0 radical (unpaired) electrons. The van der Waals surface area contributed by atoms with Gasteiger partial charge in [-0.25, -0.2) is 14.6 Å². The first-order valence-electron chi connectivity index (χ1n) is 27.1. The Morgan fingerprint density at radius 3 is 1.64 bits per heavy atom. The lowest BCUT2D eigenvalue weighted by Crippen LogP contribution is -2.51. The number of amides is 4. The molecule has 1 aliphatic carbocycles. The van der Waals surface area contributed by atoms with E-state index in [1.165, 1.54) is 29.9 Å². The maximum absolute atomic E-state index is 14.4. The van der Waals surface area contributed by atoms with Gasteiger partial charge in [-0.1, -0.05) is 89.7 Å². The van der Waals surface area contributed by atoms with Gasteiger partial charge in [0.15, 0.2) is 35.5 Å². The van der Waals surface area contributed by atoms with Gasteiger partial charge in [0, 0.05) is 54.5 Å². The van der Waals surface area contributed by atoms with Crippen molar-refractivity contribution < 1.29 is 57.1 Å². The van der Waals surface area contributed by atoms with Gasteiger partial charge in [-0.2, -0.15) is 0 Å². The van der Waals surface area contributed by atoms with Gasteiger partial charge in [-0.3, -0.25) is 19.4 Å². The number of nitrogen functional groups attached to an aromatic ring is 2. The summed E-state index contributed by atoms with van der Waals surface area (Å²) in [5.74, 6) is 1.22. The molecule has 0 bridgehead atoms. The van der Waals surface area contributed by atoms with E-state index >= 15 is 0 Å². The average Bonchev–Trinajstić information content (AvgIpc) is 4.52. The minimum atomic E-state index is -0.748. The van der Waals surface area contributed by atoms with Crippen LogP contribution in [0, 0.1) is 0 Å². The van der Waals surface area contributed by atoms with Crippen molar-refractivity contribution in [2.24, 2.45) is 0 Å². The topological polar surface area (TPSA) is 220 Å². The number of methoxy groups -OCH3 is 2. The summed E-state index contributed by atoms with van der Waals surface area (Å²) in [5, 5.41) is 0.872. The van der Waals surface area contributed by atoms with E-state index in [1.807, 2.05) is 42.5 Å². The highest BCUT2D eigenvalue weighted by Gasteiger charge is 2.47. The number of carbonyl (C=O) groups is 4. The Labute approximate surface area is 479 Å². The lowest BCUT2D eigenvalue weighted by atomic mass is 9.98. The smallest absolute Gasteiger partial charge is 0.412 e. The SMILES string of the molecule is C=C1C[C@@H](C2OCCN2C(=O)OCCSSc2ccccn2)N(C(=O)c2cc(OC)c(OCCCCCOc3cc(N)c(C(=O)N4CC(=C)C[C@H]4C4OCCN4C(=O)OCC4c5ccccc5-c5ccccc54)cc3OC)cc2N)C1. The fraction of sp³-hybridized carbons (Fsp3) is 0.383. The first kappa shape index (κ1) is 56.7. The molecule has 4 N–H and O–H groups in total. The third-order valence-electron chi connectivity index (χ3n) is 15.0. The van der Waals surface area contributed by atoms with Crippen molar-refractivity contribution in [2.45, 2.75) is 67.6 Å². The van der Waals surface area contributed by atoms with Crippen molar-refractivity contribution in [2.75, 3.05) is 97.3 Å². The molecule has 5 aromatic rings. The van der Waals surface area contributed by atoms with Crippen molar-refractivity contribution >= 4 is 57.0 Å². The summed E-state index contributed by atoms with van der Waals surface area (Å²) in [6.45, 7) is 11.2. The lowest BCUT2D eigenvalue weighted by Gasteiger charge is -2.33. The van der Waals surface area contributed by atoms with Crippen LogP contribution in [0.5, 0.6) is 23.0 Å². The normalized spacial score (nSPS) is 19.4. The monoisotopic (exact) mass is 1140 g/mol. The van der Waals surface area contributed by atoms with E-state index in [2.05, 4.69) is 42.4 Å². The predicted octanol–water partition coefficient (Wildman–Crippen LogP) is 9.28. The third-order valence-corrected chi connectivity index (χ3v) is 17.3. The minimum absolute atomic E-state index is 0.100. The van der Waals surface area contributed by atoms with Crippen molar-refractivity contribution in [3.63, 3.8) is 0 Å². The Bertz CT molecular complexity index is 3110. The molecular weight excluding hydrogens is 1070 g/mol. The Morgan fingerprint density at radius 1 is 0.630 bits per heavy atom. The van der Waals surface area contributed by atoms with Gasteiger partial charge in [0.2, 0.25) is 0 Å².